The standard InChI is InChI=1S/C8H14O4.ClH/c1-2-12-8(11)6-4-3-5-7(9)10;/h2-6H2,1H3,(H,9,10);1H/p-1. The summed E-state index contributed by atoms with van der Waals surface area (Å²) >= 11 is 0. The molecule has 0 heterocycles. The third kappa shape index (κ3) is 11.2. The van der Waals surface area contributed by atoms with Crippen molar-refractivity contribution < 1.29 is 31.8 Å². The highest BCUT2D eigenvalue weighted by molar-refractivity contribution is 5.69. The van der Waals surface area contributed by atoms with Crippen LogP contribution in [-0.4, -0.2) is 23.7 Å². The summed E-state index contributed by atoms with van der Waals surface area (Å²) in [6, 6.07) is 0. The van der Waals surface area contributed by atoms with Crippen LogP contribution in [0.5, 0.6) is 0 Å². The van der Waals surface area contributed by atoms with Gasteiger partial charge >= 0.3 is 11.9 Å². The fraction of sp³-hybridized carbons (Fsp3) is 0.750. The Kier molecular flexibility index (Phi) is 10.6. The molecule has 0 rings (SSSR count). The summed E-state index contributed by atoms with van der Waals surface area (Å²) in [5.41, 5.74) is 0. The van der Waals surface area contributed by atoms with Gasteiger partial charge in [-0.3, -0.25) is 9.59 Å². The van der Waals surface area contributed by atoms with E-state index in [1.54, 1.807) is 6.92 Å². The molecule has 0 aliphatic heterocycles. The minimum Gasteiger partial charge on any atom is -1.00 e. The maximum absolute atomic E-state index is 10.7. The van der Waals surface area contributed by atoms with Gasteiger partial charge in [0.1, 0.15) is 0 Å². The molecule has 0 radical (unpaired) electrons. The van der Waals surface area contributed by atoms with Gasteiger partial charge in [-0.1, -0.05) is 0 Å². The zero-order valence-electron chi connectivity index (χ0n) is 7.59. The molecule has 0 aliphatic carbocycles. The first-order valence-corrected chi connectivity index (χ1v) is 4.04. The van der Waals surface area contributed by atoms with E-state index in [-0.39, 0.29) is 24.8 Å². The lowest BCUT2D eigenvalue weighted by molar-refractivity contribution is -0.143. The van der Waals surface area contributed by atoms with E-state index >= 15 is 0 Å². The largest absolute Gasteiger partial charge is 1.00 e. The summed E-state index contributed by atoms with van der Waals surface area (Å²) in [7, 11) is 0. The van der Waals surface area contributed by atoms with Gasteiger partial charge in [-0.2, -0.15) is 0 Å². The molecule has 0 aromatic rings. The highest BCUT2D eigenvalue weighted by Crippen LogP contribution is 2.00. The Morgan fingerprint density at radius 1 is 1.23 bits per heavy atom. The molecule has 0 saturated carbocycles. The van der Waals surface area contributed by atoms with E-state index in [4.69, 9.17) is 5.11 Å². The molecular formula is C8H14ClO4-. The van der Waals surface area contributed by atoms with Gasteiger partial charge in [-0.05, 0) is 19.8 Å². The second-order valence-corrected chi connectivity index (χ2v) is 2.41. The van der Waals surface area contributed by atoms with Gasteiger partial charge < -0.3 is 22.3 Å². The zero-order valence-corrected chi connectivity index (χ0v) is 8.34. The molecule has 0 saturated heterocycles. The van der Waals surface area contributed by atoms with Crippen LogP contribution >= 0.6 is 0 Å². The Morgan fingerprint density at radius 3 is 2.23 bits per heavy atom. The number of carboxylic acid groups (broad SMARTS) is 1. The van der Waals surface area contributed by atoms with Crippen molar-refractivity contribution in [2.45, 2.75) is 32.6 Å². The topological polar surface area (TPSA) is 63.6 Å². The van der Waals surface area contributed by atoms with Crippen LogP contribution in [-0.2, 0) is 14.3 Å². The molecule has 5 heteroatoms. The second-order valence-electron chi connectivity index (χ2n) is 2.41. The third-order valence-electron chi connectivity index (χ3n) is 1.33. The Hall–Kier alpha value is -0.770. The Bertz CT molecular complexity index is 158. The van der Waals surface area contributed by atoms with E-state index < -0.39 is 5.97 Å². The maximum atomic E-state index is 10.7. The maximum Gasteiger partial charge on any atom is 0.305 e. The number of hydrogen-bond donors (Lipinski definition) is 1. The van der Waals surface area contributed by atoms with Crippen LogP contribution in [0.3, 0.4) is 0 Å². The summed E-state index contributed by atoms with van der Waals surface area (Å²) in [5, 5.41) is 8.27. The van der Waals surface area contributed by atoms with Crippen molar-refractivity contribution in [1.82, 2.24) is 0 Å². The molecule has 13 heavy (non-hydrogen) atoms. The number of carbonyl (C=O) groups is 2. The second kappa shape index (κ2) is 9.32. The lowest BCUT2D eigenvalue weighted by Gasteiger charge is -1.99. The number of halogens is 1. The lowest BCUT2D eigenvalue weighted by Crippen LogP contribution is -3.00. The predicted molar refractivity (Wildman–Crippen MR) is 42.7 cm³/mol. The number of esters is 1. The lowest BCUT2D eigenvalue weighted by atomic mass is 10.2. The van der Waals surface area contributed by atoms with E-state index in [9.17, 15) is 9.59 Å². The van der Waals surface area contributed by atoms with Gasteiger partial charge in [0.15, 0.2) is 0 Å². The van der Waals surface area contributed by atoms with Crippen LogP contribution in [0.1, 0.15) is 32.6 Å². The molecule has 78 valence electrons. The number of rotatable bonds is 6. The van der Waals surface area contributed by atoms with Crippen molar-refractivity contribution in [3.63, 3.8) is 0 Å². The predicted octanol–water partition coefficient (Wildman–Crippen LogP) is -1.80. The van der Waals surface area contributed by atoms with Crippen LogP contribution in [0, 0.1) is 0 Å². The summed E-state index contributed by atoms with van der Waals surface area (Å²) in [4.78, 5) is 20.8. The van der Waals surface area contributed by atoms with Crippen molar-refractivity contribution in [2.75, 3.05) is 6.61 Å². The average molecular weight is 210 g/mol. The van der Waals surface area contributed by atoms with Gasteiger partial charge in [0.2, 0.25) is 0 Å². The molecule has 0 aromatic heterocycles. The number of hydrogen-bond acceptors (Lipinski definition) is 3. The first-order chi connectivity index (χ1) is 5.66. The first-order valence-electron chi connectivity index (χ1n) is 4.04. The summed E-state index contributed by atoms with van der Waals surface area (Å²) in [6.45, 7) is 2.13. The van der Waals surface area contributed by atoms with Gasteiger partial charge in [-0.15, -0.1) is 0 Å². The van der Waals surface area contributed by atoms with Crippen LogP contribution in [0.2, 0.25) is 0 Å². The third-order valence-corrected chi connectivity index (χ3v) is 1.33. The van der Waals surface area contributed by atoms with Crippen molar-refractivity contribution >= 4 is 11.9 Å². The van der Waals surface area contributed by atoms with Crippen molar-refractivity contribution in [1.29, 1.82) is 0 Å². The van der Waals surface area contributed by atoms with Crippen LogP contribution in [0.25, 0.3) is 0 Å². The molecule has 0 fully saturated rings. The monoisotopic (exact) mass is 209 g/mol. The van der Waals surface area contributed by atoms with Crippen LogP contribution in [0.4, 0.5) is 0 Å². The Labute approximate surface area is 83.7 Å². The molecule has 0 unspecified atom stereocenters. The molecule has 4 nitrogen and oxygen atoms in total. The molecule has 0 bridgehead atoms. The molecule has 0 aromatic carbocycles. The van der Waals surface area contributed by atoms with Crippen molar-refractivity contribution in [3.8, 4) is 0 Å². The van der Waals surface area contributed by atoms with Crippen LogP contribution < -0.4 is 12.4 Å². The number of ether oxygens (including phenoxy) is 1. The normalized spacial score (nSPS) is 8.69. The molecule has 0 amide bonds. The van der Waals surface area contributed by atoms with E-state index in [0.717, 1.165) is 0 Å². The van der Waals surface area contributed by atoms with E-state index in [1.165, 1.54) is 0 Å². The summed E-state index contributed by atoms with van der Waals surface area (Å²) in [5.74, 6) is -1.07. The van der Waals surface area contributed by atoms with E-state index in [0.29, 0.717) is 25.9 Å². The zero-order chi connectivity index (χ0) is 9.40. The number of aliphatic carboxylic acids is 1. The number of carboxylic acids is 1. The van der Waals surface area contributed by atoms with Crippen molar-refractivity contribution in [3.05, 3.63) is 0 Å². The summed E-state index contributed by atoms with van der Waals surface area (Å²) < 4.78 is 4.66. The molecular weight excluding hydrogens is 196 g/mol. The fourth-order valence-corrected chi connectivity index (χ4v) is 0.779. The van der Waals surface area contributed by atoms with Gasteiger partial charge in [0.25, 0.3) is 0 Å². The van der Waals surface area contributed by atoms with E-state index in [1.807, 2.05) is 0 Å². The quantitative estimate of drug-likeness (QED) is 0.414. The Morgan fingerprint density at radius 2 is 1.77 bits per heavy atom. The minimum absolute atomic E-state index is 0. The number of unbranched alkanes of at least 4 members (excludes halogenated alkanes) is 1. The molecule has 0 atom stereocenters. The molecule has 1 N–H and O–H groups in total. The number of carbonyl (C=O) groups excluding carboxylic acids is 1. The van der Waals surface area contributed by atoms with Crippen molar-refractivity contribution in [2.24, 2.45) is 0 Å². The van der Waals surface area contributed by atoms with Crippen LogP contribution in [0.15, 0.2) is 0 Å². The molecule has 0 aliphatic rings. The highest BCUT2D eigenvalue weighted by atomic mass is 35.5. The SMILES string of the molecule is CCOC(=O)CCCCC(=O)O.[Cl-]. The fourth-order valence-electron chi connectivity index (χ4n) is 0.779. The Balaban J connectivity index is 0. The van der Waals surface area contributed by atoms with Gasteiger partial charge in [0.05, 0.1) is 6.61 Å². The van der Waals surface area contributed by atoms with Gasteiger partial charge in [0, 0.05) is 12.8 Å². The smallest absolute Gasteiger partial charge is 0.305 e. The first kappa shape index (κ1) is 14.7. The van der Waals surface area contributed by atoms with Gasteiger partial charge in [-0.25, -0.2) is 0 Å². The minimum atomic E-state index is -0.821. The summed E-state index contributed by atoms with van der Waals surface area (Å²) in [6.07, 6.45) is 1.57. The van der Waals surface area contributed by atoms with E-state index in [2.05, 4.69) is 4.74 Å². The highest BCUT2D eigenvalue weighted by Gasteiger charge is 2.02. The average Bonchev–Trinajstić information content (AvgIpc) is 1.98. The molecule has 0 spiro atoms.